The van der Waals surface area contributed by atoms with Crippen molar-refractivity contribution in [3.8, 4) is 0 Å². The molecule has 0 aliphatic heterocycles. The summed E-state index contributed by atoms with van der Waals surface area (Å²) in [6.07, 6.45) is 0.643. The van der Waals surface area contributed by atoms with E-state index in [1.54, 1.807) is 0 Å². The van der Waals surface area contributed by atoms with E-state index in [2.05, 4.69) is 4.74 Å². The monoisotopic (exact) mass is 150 g/mol. The molecule has 0 N–H and O–H groups in total. The van der Waals surface area contributed by atoms with Gasteiger partial charge in [-0.2, -0.15) is 8.78 Å². The first kappa shape index (κ1) is 9.56. The number of alkyl halides is 2. The van der Waals surface area contributed by atoms with Gasteiger partial charge in [0.15, 0.2) is 0 Å². The van der Waals surface area contributed by atoms with Gasteiger partial charge in [0.05, 0.1) is 0 Å². The molecule has 0 saturated carbocycles. The van der Waals surface area contributed by atoms with Gasteiger partial charge >= 0.3 is 6.11 Å². The van der Waals surface area contributed by atoms with E-state index in [9.17, 15) is 8.78 Å². The molecule has 0 spiro atoms. The number of rotatable bonds is 4. The minimum absolute atomic E-state index is 0.666. The van der Waals surface area contributed by atoms with Crippen LogP contribution in [0.3, 0.4) is 0 Å². The Kier molecular flexibility index (Phi) is 4.19. The maximum Gasteiger partial charge on any atom is 0.376 e. The summed E-state index contributed by atoms with van der Waals surface area (Å²) < 4.78 is 28.2. The second kappa shape index (κ2) is 4.39. The SMILES string of the molecule is CCC/C=C/C(F)(F)OC. The molecule has 60 valence electrons. The molecule has 0 fully saturated rings. The largest absolute Gasteiger partial charge is 0.376 e. The fourth-order valence-electron chi connectivity index (χ4n) is 0.455. The molecule has 1 nitrogen and oxygen atoms in total. The predicted molar refractivity (Wildman–Crippen MR) is 36.0 cm³/mol. The predicted octanol–water partition coefficient (Wildman–Crippen LogP) is 2.58. The third-order valence-corrected chi connectivity index (χ3v) is 1.04. The summed E-state index contributed by atoms with van der Waals surface area (Å²) in [5, 5.41) is 0. The van der Waals surface area contributed by atoms with Crippen molar-refractivity contribution in [2.24, 2.45) is 0 Å². The van der Waals surface area contributed by atoms with Gasteiger partial charge in [0, 0.05) is 13.2 Å². The average molecular weight is 150 g/mol. The van der Waals surface area contributed by atoms with E-state index in [-0.39, 0.29) is 0 Å². The van der Waals surface area contributed by atoms with Gasteiger partial charge < -0.3 is 4.74 Å². The first-order valence-electron chi connectivity index (χ1n) is 3.23. The molecule has 10 heavy (non-hydrogen) atoms. The molecular weight excluding hydrogens is 138 g/mol. The third kappa shape index (κ3) is 4.44. The minimum Gasteiger partial charge on any atom is -0.320 e. The van der Waals surface area contributed by atoms with Crippen LogP contribution in [0.25, 0.3) is 0 Å². The molecule has 0 aromatic heterocycles. The van der Waals surface area contributed by atoms with Crippen LogP contribution in [0.2, 0.25) is 0 Å². The quantitative estimate of drug-likeness (QED) is 0.559. The zero-order chi connectivity index (χ0) is 8.04. The summed E-state index contributed by atoms with van der Waals surface area (Å²) >= 11 is 0. The van der Waals surface area contributed by atoms with Crippen molar-refractivity contribution < 1.29 is 13.5 Å². The van der Waals surface area contributed by atoms with E-state index in [4.69, 9.17) is 0 Å². The topological polar surface area (TPSA) is 9.23 Å². The molecule has 0 radical (unpaired) electrons. The Labute approximate surface area is 59.7 Å². The van der Waals surface area contributed by atoms with Crippen molar-refractivity contribution >= 4 is 0 Å². The lowest BCUT2D eigenvalue weighted by Gasteiger charge is -2.06. The highest BCUT2D eigenvalue weighted by Crippen LogP contribution is 2.15. The fourth-order valence-corrected chi connectivity index (χ4v) is 0.455. The van der Waals surface area contributed by atoms with Crippen LogP contribution in [-0.2, 0) is 4.74 Å². The van der Waals surface area contributed by atoms with Crippen LogP contribution < -0.4 is 0 Å². The average Bonchev–Trinajstić information content (AvgIpc) is 1.89. The molecule has 0 saturated heterocycles. The summed E-state index contributed by atoms with van der Waals surface area (Å²) in [5.41, 5.74) is 0. The van der Waals surface area contributed by atoms with Crippen LogP contribution in [0.5, 0.6) is 0 Å². The number of allylic oxidation sites excluding steroid dienone is 1. The van der Waals surface area contributed by atoms with Crippen LogP contribution in [-0.4, -0.2) is 13.2 Å². The lowest BCUT2D eigenvalue weighted by atomic mass is 10.3. The first-order valence-corrected chi connectivity index (χ1v) is 3.23. The lowest BCUT2D eigenvalue weighted by Crippen LogP contribution is -2.13. The maximum absolute atomic E-state index is 12.2. The van der Waals surface area contributed by atoms with Crippen molar-refractivity contribution in [1.29, 1.82) is 0 Å². The minimum atomic E-state index is -3.09. The van der Waals surface area contributed by atoms with Gasteiger partial charge in [-0.25, -0.2) is 0 Å². The highest BCUT2D eigenvalue weighted by Gasteiger charge is 2.22. The van der Waals surface area contributed by atoms with Gasteiger partial charge in [-0.05, 0) is 6.42 Å². The van der Waals surface area contributed by atoms with Crippen LogP contribution in [0.4, 0.5) is 8.78 Å². The van der Waals surface area contributed by atoms with E-state index in [0.29, 0.717) is 6.42 Å². The Morgan fingerprint density at radius 1 is 1.50 bits per heavy atom. The van der Waals surface area contributed by atoms with E-state index in [1.807, 2.05) is 6.92 Å². The number of ether oxygens (including phenoxy) is 1. The standard InChI is InChI=1S/C7H12F2O/c1-3-4-5-6-7(8,9)10-2/h5-6H,3-4H2,1-2H3/b6-5+. The Hall–Kier alpha value is -0.440. The zero-order valence-corrected chi connectivity index (χ0v) is 6.23. The summed E-state index contributed by atoms with van der Waals surface area (Å²) in [4.78, 5) is 0. The van der Waals surface area contributed by atoms with Gasteiger partial charge in [0.25, 0.3) is 0 Å². The van der Waals surface area contributed by atoms with Crippen molar-refractivity contribution in [3.63, 3.8) is 0 Å². The third-order valence-electron chi connectivity index (χ3n) is 1.04. The van der Waals surface area contributed by atoms with Crippen LogP contribution in [0.1, 0.15) is 19.8 Å². The highest BCUT2D eigenvalue weighted by atomic mass is 19.3. The van der Waals surface area contributed by atoms with Gasteiger partial charge in [-0.15, -0.1) is 0 Å². The van der Waals surface area contributed by atoms with Crippen LogP contribution >= 0.6 is 0 Å². The molecular formula is C7H12F2O. The van der Waals surface area contributed by atoms with Gasteiger partial charge in [-0.3, -0.25) is 0 Å². The number of hydrogen-bond donors (Lipinski definition) is 0. The summed E-state index contributed by atoms with van der Waals surface area (Å²) in [6.45, 7) is 1.93. The van der Waals surface area contributed by atoms with E-state index < -0.39 is 6.11 Å². The maximum atomic E-state index is 12.2. The van der Waals surface area contributed by atoms with E-state index >= 15 is 0 Å². The molecule has 0 aliphatic rings. The highest BCUT2D eigenvalue weighted by molar-refractivity contribution is 4.88. The van der Waals surface area contributed by atoms with Crippen molar-refractivity contribution in [2.75, 3.05) is 7.11 Å². The van der Waals surface area contributed by atoms with Crippen LogP contribution in [0, 0.1) is 0 Å². The second-order valence-corrected chi connectivity index (χ2v) is 1.96. The van der Waals surface area contributed by atoms with Gasteiger partial charge in [0.1, 0.15) is 0 Å². The molecule has 0 atom stereocenters. The lowest BCUT2D eigenvalue weighted by molar-refractivity contribution is -0.180. The van der Waals surface area contributed by atoms with E-state index in [1.165, 1.54) is 6.08 Å². The molecule has 0 rings (SSSR count). The number of hydrogen-bond acceptors (Lipinski definition) is 1. The molecule has 3 heteroatoms. The smallest absolute Gasteiger partial charge is 0.320 e. The van der Waals surface area contributed by atoms with Gasteiger partial charge in [0.2, 0.25) is 0 Å². The summed E-state index contributed by atoms with van der Waals surface area (Å²) in [6, 6.07) is 0. The first-order chi connectivity index (χ1) is 4.62. The molecule has 0 heterocycles. The molecule has 0 aliphatic carbocycles. The number of halogens is 2. The Morgan fingerprint density at radius 2 is 2.10 bits per heavy atom. The molecule has 0 aromatic rings. The summed E-state index contributed by atoms with van der Waals surface area (Å²) in [7, 11) is 0.982. The Bertz CT molecular complexity index is 110. The van der Waals surface area contributed by atoms with Crippen molar-refractivity contribution in [2.45, 2.75) is 25.9 Å². The number of unbranched alkanes of at least 4 members (excludes halogenated alkanes) is 1. The molecule has 0 aromatic carbocycles. The van der Waals surface area contributed by atoms with E-state index in [0.717, 1.165) is 19.6 Å². The Balaban J connectivity index is 3.63. The van der Waals surface area contributed by atoms with Crippen LogP contribution in [0.15, 0.2) is 12.2 Å². The fraction of sp³-hybridized carbons (Fsp3) is 0.714. The van der Waals surface area contributed by atoms with Gasteiger partial charge in [-0.1, -0.05) is 19.4 Å². The zero-order valence-electron chi connectivity index (χ0n) is 6.23. The molecule has 0 unspecified atom stereocenters. The Morgan fingerprint density at radius 3 is 2.50 bits per heavy atom. The van der Waals surface area contributed by atoms with Crippen molar-refractivity contribution in [1.82, 2.24) is 0 Å². The molecule has 0 amide bonds. The second-order valence-electron chi connectivity index (χ2n) is 1.96. The van der Waals surface area contributed by atoms with Crippen molar-refractivity contribution in [3.05, 3.63) is 12.2 Å². The molecule has 0 bridgehead atoms. The number of methoxy groups -OCH3 is 1. The summed E-state index contributed by atoms with van der Waals surface area (Å²) in [5.74, 6) is 0. The normalized spacial score (nSPS) is 12.8.